The predicted molar refractivity (Wildman–Crippen MR) is 167 cm³/mol. The van der Waals surface area contributed by atoms with Crippen molar-refractivity contribution in [1.29, 1.82) is 0 Å². The lowest BCUT2D eigenvalue weighted by atomic mass is 9.76. The minimum absolute atomic E-state index is 0.159. The van der Waals surface area contributed by atoms with Crippen LogP contribution in [0.25, 0.3) is 5.57 Å². The lowest BCUT2D eigenvalue weighted by Gasteiger charge is -2.28. The minimum Gasteiger partial charge on any atom is -0.0990 e. The van der Waals surface area contributed by atoms with Gasteiger partial charge in [0.2, 0.25) is 0 Å². The SMILES string of the molecule is C=C/C=C(C=C)/C1=C/CCC(\C(=C\C=C/C)CC)=C(c2ccccc2)/C(C)=C\1C1C=CC=CC=C1.CC. The topological polar surface area (TPSA) is 0 Å². The molecule has 2 aliphatic rings. The molecular formula is C37H44. The van der Waals surface area contributed by atoms with Crippen LogP contribution < -0.4 is 0 Å². The van der Waals surface area contributed by atoms with E-state index in [1.165, 1.54) is 39.0 Å². The lowest BCUT2D eigenvalue weighted by Crippen LogP contribution is -2.11. The van der Waals surface area contributed by atoms with Gasteiger partial charge in [0.25, 0.3) is 0 Å². The van der Waals surface area contributed by atoms with E-state index in [2.05, 4.69) is 131 Å². The summed E-state index contributed by atoms with van der Waals surface area (Å²) in [6.45, 7) is 18.7. The molecule has 0 fully saturated rings. The van der Waals surface area contributed by atoms with E-state index in [0.717, 1.165) is 24.8 Å². The van der Waals surface area contributed by atoms with Crippen LogP contribution in [0.5, 0.6) is 0 Å². The van der Waals surface area contributed by atoms with Crippen LogP contribution in [-0.4, -0.2) is 0 Å². The number of hydrogen-bond donors (Lipinski definition) is 0. The van der Waals surface area contributed by atoms with E-state index in [1.807, 2.05) is 26.0 Å². The molecule has 1 aromatic rings. The minimum atomic E-state index is 0.159. The van der Waals surface area contributed by atoms with E-state index in [9.17, 15) is 0 Å². The van der Waals surface area contributed by atoms with Crippen LogP contribution in [0.1, 0.15) is 59.4 Å². The van der Waals surface area contributed by atoms with E-state index >= 15 is 0 Å². The summed E-state index contributed by atoms with van der Waals surface area (Å²) < 4.78 is 0. The Morgan fingerprint density at radius 1 is 0.973 bits per heavy atom. The van der Waals surface area contributed by atoms with Gasteiger partial charge in [-0.2, -0.15) is 0 Å². The molecule has 0 nitrogen and oxygen atoms in total. The molecule has 0 heterocycles. The molecule has 0 aliphatic heterocycles. The highest BCUT2D eigenvalue weighted by molar-refractivity contribution is 5.86. The van der Waals surface area contributed by atoms with Crippen LogP contribution >= 0.6 is 0 Å². The van der Waals surface area contributed by atoms with Crippen LogP contribution in [-0.2, 0) is 0 Å². The summed E-state index contributed by atoms with van der Waals surface area (Å²) in [4.78, 5) is 0. The second-order valence-electron chi connectivity index (χ2n) is 8.73. The molecule has 0 N–H and O–H groups in total. The van der Waals surface area contributed by atoms with Crippen LogP contribution in [0, 0.1) is 5.92 Å². The Balaban J connectivity index is 0.00000235. The number of allylic oxidation sites excluding steroid dienone is 20. The van der Waals surface area contributed by atoms with Gasteiger partial charge in [0.15, 0.2) is 0 Å². The summed E-state index contributed by atoms with van der Waals surface area (Å²) in [6, 6.07) is 10.9. The van der Waals surface area contributed by atoms with Gasteiger partial charge in [0.05, 0.1) is 0 Å². The van der Waals surface area contributed by atoms with Crippen molar-refractivity contribution in [3.8, 4) is 0 Å². The molecule has 0 radical (unpaired) electrons. The maximum absolute atomic E-state index is 4.14. The Labute approximate surface area is 226 Å². The zero-order chi connectivity index (χ0) is 27.0. The average Bonchev–Trinajstić information content (AvgIpc) is 3.21. The fraction of sp³-hybridized carbons (Fsp3) is 0.243. The third-order valence-electron chi connectivity index (χ3n) is 6.57. The summed E-state index contributed by atoms with van der Waals surface area (Å²) in [5.41, 5.74) is 10.5. The van der Waals surface area contributed by atoms with Crippen molar-refractivity contribution in [3.05, 3.63) is 161 Å². The molecule has 2 aliphatic carbocycles. The molecule has 37 heavy (non-hydrogen) atoms. The first-order chi connectivity index (χ1) is 18.2. The summed E-state index contributed by atoms with van der Waals surface area (Å²) in [6.07, 6.45) is 30.9. The van der Waals surface area contributed by atoms with E-state index < -0.39 is 0 Å². The standard InChI is InChI=1S/C35H38.C2H6/c1-6-10-20-29(9-4)33-26-18-25-32(28(8-3)19-7-2)34(30-21-14-11-12-15-22-30)27(5)35(33)31-23-16-13-17-24-31;1-2/h6-8,10-17,19-25,30H,2-3,9,18,26H2,1,4-5H3;1-2H3/b10-6-,28-19+,29-20+,32-25-,34-27-,35-33-;. The Kier molecular flexibility index (Phi) is 12.9. The zero-order valence-electron chi connectivity index (χ0n) is 23.5. The van der Waals surface area contributed by atoms with Gasteiger partial charge in [0.1, 0.15) is 0 Å². The van der Waals surface area contributed by atoms with Crippen molar-refractivity contribution in [1.82, 2.24) is 0 Å². The molecule has 0 amide bonds. The average molecular weight is 489 g/mol. The van der Waals surface area contributed by atoms with E-state index in [1.54, 1.807) is 0 Å². The van der Waals surface area contributed by atoms with Gasteiger partial charge in [0, 0.05) is 5.92 Å². The Bertz CT molecular complexity index is 1180. The molecule has 0 atom stereocenters. The van der Waals surface area contributed by atoms with Crippen molar-refractivity contribution < 1.29 is 0 Å². The molecule has 0 heteroatoms. The highest BCUT2D eigenvalue weighted by Gasteiger charge is 2.25. The maximum Gasteiger partial charge on any atom is 0.0213 e. The van der Waals surface area contributed by atoms with Crippen LogP contribution in [0.15, 0.2) is 156 Å². The smallest absolute Gasteiger partial charge is 0.0213 e. The molecule has 0 spiro atoms. The van der Waals surface area contributed by atoms with Crippen molar-refractivity contribution >= 4 is 5.57 Å². The van der Waals surface area contributed by atoms with Crippen molar-refractivity contribution in [2.24, 2.45) is 5.92 Å². The Hall–Kier alpha value is -3.64. The first kappa shape index (κ1) is 29.6. The molecule has 0 saturated heterocycles. The summed E-state index contributed by atoms with van der Waals surface area (Å²) in [5.74, 6) is 0.159. The highest BCUT2D eigenvalue weighted by Crippen LogP contribution is 2.43. The van der Waals surface area contributed by atoms with Gasteiger partial charge in [-0.1, -0.05) is 143 Å². The monoisotopic (exact) mass is 488 g/mol. The van der Waals surface area contributed by atoms with E-state index in [0.29, 0.717) is 0 Å². The molecule has 192 valence electrons. The number of benzene rings is 1. The quantitative estimate of drug-likeness (QED) is 0.319. The largest absolute Gasteiger partial charge is 0.0990 e. The first-order valence-corrected chi connectivity index (χ1v) is 13.7. The van der Waals surface area contributed by atoms with E-state index in [-0.39, 0.29) is 5.92 Å². The third-order valence-corrected chi connectivity index (χ3v) is 6.57. The van der Waals surface area contributed by atoms with Crippen LogP contribution in [0.3, 0.4) is 0 Å². The molecular weight excluding hydrogens is 444 g/mol. The van der Waals surface area contributed by atoms with E-state index in [4.69, 9.17) is 0 Å². The maximum atomic E-state index is 4.14. The zero-order valence-corrected chi connectivity index (χ0v) is 23.5. The van der Waals surface area contributed by atoms with Gasteiger partial charge in [-0.15, -0.1) is 0 Å². The molecule has 0 aromatic heterocycles. The molecule has 3 rings (SSSR count). The molecule has 0 unspecified atom stereocenters. The highest BCUT2D eigenvalue weighted by atomic mass is 14.3. The Morgan fingerprint density at radius 3 is 2.22 bits per heavy atom. The van der Waals surface area contributed by atoms with Gasteiger partial charge >= 0.3 is 0 Å². The fourth-order valence-corrected chi connectivity index (χ4v) is 4.97. The number of hydrogen-bond acceptors (Lipinski definition) is 0. The summed E-state index contributed by atoms with van der Waals surface area (Å²) >= 11 is 0. The van der Waals surface area contributed by atoms with Crippen LogP contribution in [0.2, 0.25) is 0 Å². The first-order valence-electron chi connectivity index (χ1n) is 13.7. The summed E-state index contributed by atoms with van der Waals surface area (Å²) in [7, 11) is 0. The third kappa shape index (κ3) is 7.67. The van der Waals surface area contributed by atoms with Crippen molar-refractivity contribution in [2.45, 2.75) is 53.9 Å². The summed E-state index contributed by atoms with van der Waals surface area (Å²) in [5, 5.41) is 0. The van der Waals surface area contributed by atoms with Gasteiger partial charge < -0.3 is 0 Å². The fourth-order valence-electron chi connectivity index (χ4n) is 4.97. The molecule has 0 saturated carbocycles. The molecule has 0 bridgehead atoms. The predicted octanol–water partition coefficient (Wildman–Crippen LogP) is 11.0. The van der Waals surface area contributed by atoms with Gasteiger partial charge in [-0.05, 0) is 77.7 Å². The normalized spacial score (nSPS) is 22.5. The second kappa shape index (κ2) is 16.2. The second-order valence-corrected chi connectivity index (χ2v) is 8.73. The lowest BCUT2D eigenvalue weighted by molar-refractivity contribution is 0.913. The molecule has 1 aromatic carbocycles. The Morgan fingerprint density at radius 2 is 1.65 bits per heavy atom. The van der Waals surface area contributed by atoms with Crippen molar-refractivity contribution in [3.63, 3.8) is 0 Å². The van der Waals surface area contributed by atoms with Gasteiger partial charge in [-0.3, -0.25) is 0 Å². The van der Waals surface area contributed by atoms with Crippen LogP contribution in [0.4, 0.5) is 0 Å². The number of rotatable bonds is 8. The van der Waals surface area contributed by atoms with Gasteiger partial charge in [-0.25, -0.2) is 0 Å². The van der Waals surface area contributed by atoms with Crippen molar-refractivity contribution in [2.75, 3.05) is 0 Å².